The van der Waals surface area contributed by atoms with Crippen molar-refractivity contribution in [1.29, 1.82) is 0 Å². The van der Waals surface area contributed by atoms with Crippen LogP contribution in [0, 0.1) is 0 Å². The normalized spacial score (nSPS) is 14.9. The lowest BCUT2D eigenvalue weighted by Gasteiger charge is -2.26. The van der Waals surface area contributed by atoms with Gasteiger partial charge in [0.1, 0.15) is 6.61 Å². The third-order valence-corrected chi connectivity index (χ3v) is 4.71. The summed E-state index contributed by atoms with van der Waals surface area (Å²) < 4.78 is 17.1. The lowest BCUT2D eigenvalue weighted by atomic mass is 10.2. The third kappa shape index (κ3) is 4.11. The molecule has 28 heavy (non-hydrogen) atoms. The van der Waals surface area contributed by atoms with Crippen LogP contribution in [0.2, 0.25) is 0 Å². The summed E-state index contributed by atoms with van der Waals surface area (Å²) in [5.74, 6) is 0.486. The third-order valence-electron chi connectivity index (χ3n) is 4.71. The molecule has 0 atom stereocenters. The van der Waals surface area contributed by atoms with E-state index in [1.807, 2.05) is 30.3 Å². The van der Waals surface area contributed by atoms with E-state index in [4.69, 9.17) is 19.6 Å². The average Bonchev–Trinajstić information content (AvgIpc) is 3.16. The first kappa shape index (κ1) is 18.3. The molecule has 7 heteroatoms. The number of morpholine rings is 1. The molecule has 3 N–H and O–H groups in total. The molecular weight excluding hydrogens is 358 g/mol. The molecule has 1 amide bonds. The number of ether oxygens (including phenoxy) is 2. The second-order valence-electron chi connectivity index (χ2n) is 6.63. The highest BCUT2D eigenvalue weighted by Crippen LogP contribution is 2.29. The van der Waals surface area contributed by atoms with Gasteiger partial charge in [-0.1, -0.05) is 24.3 Å². The van der Waals surface area contributed by atoms with Crippen LogP contribution in [0.1, 0.15) is 10.6 Å². The number of nitrogen functional groups attached to an aromatic ring is 1. The number of fused-ring (bicyclic) bond motifs is 1. The minimum absolute atomic E-state index is 0.211. The molecule has 0 bridgehead atoms. The Morgan fingerprint density at radius 2 is 1.96 bits per heavy atom. The number of para-hydroxylation sites is 3. The Morgan fingerprint density at radius 3 is 2.79 bits per heavy atom. The number of hydrogen-bond acceptors (Lipinski definition) is 6. The Bertz CT molecular complexity index is 963. The minimum Gasteiger partial charge on any atom is -0.488 e. The fourth-order valence-corrected chi connectivity index (χ4v) is 3.17. The van der Waals surface area contributed by atoms with Gasteiger partial charge in [-0.25, -0.2) is 0 Å². The number of carbonyl (C=O) groups is 1. The largest absolute Gasteiger partial charge is 0.488 e. The van der Waals surface area contributed by atoms with Gasteiger partial charge in [-0.3, -0.25) is 9.69 Å². The van der Waals surface area contributed by atoms with Gasteiger partial charge < -0.3 is 24.9 Å². The SMILES string of the molecule is Nc1ccccc1NC(=O)c1cc2cccc(OCCN3CCOCC3)c2o1. The number of carbonyl (C=O) groups excluding carboxylic acids is 1. The maximum absolute atomic E-state index is 12.5. The monoisotopic (exact) mass is 381 g/mol. The van der Waals surface area contributed by atoms with Crippen LogP contribution in [-0.2, 0) is 4.74 Å². The Hall–Kier alpha value is -3.03. The molecule has 1 aromatic heterocycles. The Labute approximate surface area is 163 Å². The fourth-order valence-electron chi connectivity index (χ4n) is 3.17. The van der Waals surface area contributed by atoms with Crippen LogP contribution in [0.5, 0.6) is 5.75 Å². The van der Waals surface area contributed by atoms with Crippen LogP contribution in [0.15, 0.2) is 52.9 Å². The summed E-state index contributed by atoms with van der Waals surface area (Å²) in [6.07, 6.45) is 0. The predicted molar refractivity (Wildman–Crippen MR) is 108 cm³/mol. The average molecular weight is 381 g/mol. The molecule has 7 nitrogen and oxygen atoms in total. The molecule has 2 aromatic carbocycles. The highest BCUT2D eigenvalue weighted by Gasteiger charge is 2.16. The molecular formula is C21H23N3O4. The molecule has 4 rings (SSSR count). The van der Waals surface area contributed by atoms with E-state index >= 15 is 0 Å². The van der Waals surface area contributed by atoms with E-state index in [9.17, 15) is 4.79 Å². The summed E-state index contributed by atoms with van der Waals surface area (Å²) in [7, 11) is 0. The van der Waals surface area contributed by atoms with Crippen LogP contribution in [-0.4, -0.2) is 50.3 Å². The number of nitrogens with two attached hydrogens (primary N) is 1. The van der Waals surface area contributed by atoms with E-state index in [1.54, 1.807) is 18.2 Å². The molecule has 0 spiro atoms. The van der Waals surface area contributed by atoms with E-state index < -0.39 is 0 Å². The predicted octanol–water partition coefficient (Wildman–Crippen LogP) is 2.98. The van der Waals surface area contributed by atoms with Crippen molar-refractivity contribution < 1.29 is 18.7 Å². The second-order valence-corrected chi connectivity index (χ2v) is 6.63. The second kappa shape index (κ2) is 8.33. The van der Waals surface area contributed by atoms with Crippen molar-refractivity contribution in [2.75, 3.05) is 50.5 Å². The zero-order valence-electron chi connectivity index (χ0n) is 15.5. The number of benzene rings is 2. The number of nitrogens with zero attached hydrogens (tertiary/aromatic N) is 1. The van der Waals surface area contributed by atoms with Crippen LogP contribution in [0.4, 0.5) is 11.4 Å². The molecule has 1 fully saturated rings. The van der Waals surface area contributed by atoms with Gasteiger partial charge in [0, 0.05) is 25.0 Å². The van der Waals surface area contributed by atoms with Gasteiger partial charge in [0.2, 0.25) is 0 Å². The molecule has 0 saturated carbocycles. The quantitative estimate of drug-likeness (QED) is 0.638. The highest BCUT2D eigenvalue weighted by atomic mass is 16.5. The molecule has 1 saturated heterocycles. The van der Waals surface area contributed by atoms with E-state index in [2.05, 4.69) is 10.2 Å². The number of rotatable bonds is 6. The van der Waals surface area contributed by atoms with Crippen LogP contribution < -0.4 is 15.8 Å². The van der Waals surface area contributed by atoms with Crippen molar-refractivity contribution in [2.45, 2.75) is 0 Å². The first-order valence-corrected chi connectivity index (χ1v) is 9.32. The molecule has 146 valence electrons. The molecule has 3 aromatic rings. The van der Waals surface area contributed by atoms with Crippen molar-refractivity contribution in [2.24, 2.45) is 0 Å². The van der Waals surface area contributed by atoms with E-state index in [0.717, 1.165) is 38.2 Å². The van der Waals surface area contributed by atoms with Crippen molar-refractivity contribution in [3.63, 3.8) is 0 Å². The molecule has 0 radical (unpaired) electrons. The summed E-state index contributed by atoms with van der Waals surface area (Å²) in [6.45, 7) is 4.72. The van der Waals surface area contributed by atoms with Crippen molar-refractivity contribution in [3.05, 3.63) is 54.3 Å². The summed E-state index contributed by atoms with van der Waals surface area (Å²) >= 11 is 0. The number of amides is 1. The minimum atomic E-state index is -0.353. The van der Waals surface area contributed by atoms with Crippen LogP contribution in [0.25, 0.3) is 11.0 Å². The fraction of sp³-hybridized carbons (Fsp3) is 0.286. The van der Waals surface area contributed by atoms with Gasteiger partial charge in [0.05, 0.1) is 24.6 Å². The van der Waals surface area contributed by atoms with Crippen molar-refractivity contribution in [1.82, 2.24) is 4.90 Å². The molecule has 0 aliphatic carbocycles. The molecule has 1 aliphatic rings. The maximum Gasteiger partial charge on any atom is 0.291 e. The maximum atomic E-state index is 12.5. The summed E-state index contributed by atoms with van der Waals surface area (Å²) in [4.78, 5) is 14.8. The summed E-state index contributed by atoms with van der Waals surface area (Å²) in [6, 6.07) is 14.4. The smallest absolute Gasteiger partial charge is 0.291 e. The summed E-state index contributed by atoms with van der Waals surface area (Å²) in [5, 5.41) is 3.59. The van der Waals surface area contributed by atoms with Crippen LogP contribution in [0.3, 0.4) is 0 Å². The van der Waals surface area contributed by atoms with Crippen LogP contribution >= 0.6 is 0 Å². The zero-order valence-corrected chi connectivity index (χ0v) is 15.5. The first-order valence-electron chi connectivity index (χ1n) is 9.32. The van der Waals surface area contributed by atoms with Gasteiger partial charge in [-0.2, -0.15) is 0 Å². The lowest BCUT2D eigenvalue weighted by Crippen LogP contribution is -2.38. The Morgan fingerprint density at radius 1 is 1.14 bits per heavy atom. The lowest BCUT2D eigenvalue weighted by molar-refractivity contribution is 0.0323. The number of anilines is 2. The molecule has 0 unspecified atom stereocenters. The van der Waals surface area contributed by atoms with Crippen molar-refractivity contribution >= 4 is 28.3 Å². The van der Waals surface area contributed by atoms with Gasteiger partial charge in [-0.15, -0.1) is 0 Å². The van der Waals surface area contributed by atoms with E-state index in [1.165, 1.54) is 0 Å². The highest BCUT2D eigenvalue weighted by molar-refractivity contribution is 6.06. The van der Waals surface area contributed by atoms with Gasteiger partial charge >= 0.3 is 0 Å². The Kier molecular flexibility index (Phi) is 5.45. The molecule has 1 aliphatic heterocycles. The standard InChI is InChI=1S/C21H23N3O4/c22-16-5-1-2-6-17(16)23-21(25)19-14-15-4-3-7-18(20(15)28-19)27-13-10-24-8-11-26-12-9-24/h1-7,14H,8-13,22H2,(H,23,25). The number of hydrogen-bond donors (Lipinski definition) is 2. The van der Waals surface area contributed by atoms with Gasteiger partial charge in [0.15, 0.2) is 17.1 Å². The number of furan rings is 1. The van der Waals surface area contributed by atoms with E-state index in [-0.39, 0.29) is 11.7 Å². The van der Waals surface area contributed by atoms with Gasteiger partial charge in [-0.05, 0) is 24.3 Å². The topological polar surface area (TPSA) is 90.0 Å². The summed E-state index contributed by atoms with van der Waals surface area (Å²) in [5.41, 5.74) is 7.50. The van der Waals surface area contributed by atoms with Gasteiger partial charge in [0.25, 0.3) is 5.91 Å². The first-order chi connectivity index (χ1) is 13.7. The van der Waals surface area contributed by atoms with E-state index in [0.29, 0.717) is 29.3 Å². The Balaban J connectivity index is 1.45. The van der Waals surface area contributed by atoms with Crippen molar-refractivity contribution in [3.8, 4) is 5.75 Å². The molecule has 2 heterocycles. The zero-order chi connectivity index (χ0) is 19.3. The number of nitrogens with one attached hydrogen (secondary N) is 1.